The summed E-state index contributed by atoms with van der Waals surface area (Å²) in [6.45, 7) is 11.1. The molecule has 2 nitrogen and oxygen atoms in total. The first kappa shape index (κ1) is 14.7. The van der Waals surface area contributed by atoms with Gasteiger partial charge in [-0.15, -0.1) is 0 Å². The molecular weight excluding hydrogens is 244 g/mol. The van der Waals surface area contributed by atoms with Gasteiger partial charge < -0.3 is 0 Å². The zero-order chi connectivity index (χ0) is 14.8. The Morgan fingerprint density at radius 3 is 2.15 bits per heavy atom. The highest BCUT2D eigenvalue weighted by molar-refractivity contribution is 5.24. The molecule has 0 aliphatic carbocycles. The topological polar surface area (TPSA) is 25.8 Å². The number of hydrogen-bond acceptors (Lipinski definition) is 2. The van der Waals surface area contributed by atoms with Gasteiger partial charge in [-0.2, -0.15) is 0 Å². The SMILES string of the molecule is CC(C)(C)c1ccc(CC(C)(C)c2ccccn2)nc1. The van der Waals surface area contributed by atoms with Crippen molar-refractivity contribution in [2.75, 3.05) is 0 Å². The van der Waals surface area contributed by atoms with E-state index in [1.807, 2.05) is 24.5 Å². The molecule has 20 heavy (non-hydrogen) atoms. The molecule has 2 heteroatoms. The summed E-state index contributed by atoms with van der Waals surface area (Å²) in [5.41, 5.74) is 3.66. The summed E-state index contributed by atoms with van der Waals surface area (Å²) in [4.78, 5) is 9.10. The minimum absolute atomic E-state index is 0.00247. The Hall–Kier alpha value is -1.70. The Morgan fingerprint density at radius 1 is 0.900 bits per heavy atom. The Bertz CT molecular complexity index is 548. The molecule has 0 spiro atoms. The van der Waals surface area contributed by atoms with Crippen molar-refractivity contribution in [1.82, 2.24) is 9.97 Å². The van der Waals surface area contributed by atoms with Gasteiger partial charge in [-0.25, -0.2) is 0 Å². The highest BCUT2D eigenvalue weighted by Crippen LogP contribution is 2.26. The van der Waals surface area contributed by atoms with Crippen molar-refractivity contribution in [2.24, 2.45) is 0 Å². The van der Waals surface area contributed by atoms with Gasteiger partial charge in [0.1, 0.15) is 0 Å². The smallest absolute Gasteiger partial charge is 0.0463 e. The van der Waals surface area contributed by atoms with Gasteiger partial charge in [-0.05, 0) is 29.2 Å². The fourth-order valence-corrected chi connectivity index (χ4v) is 2.28. The van der Waals surface area contributed by atoms with Crippen LogP contribution in [0.25, 0.3) is 0 Å². The molecule has 106 valence electrons. The lowest BCUT2D eigenvalue weighted by Gasteiger charge is -2.24. The standard InChI is InChI=1S/C18H24N2/c1-17(2,3)14-9-10-15(20-13-14)12-18(4,5)16-8-6-7-11-19-16/h6-11,13H,12H2,1-5H3. The van der Waals surface area contributed by atoms with E-state index in [0.29, 0.717) is 0 Å². The average molecular weight is 268 g/mol. The van der Waals surface area contributed by atoms with E-state index in [4.69, 9.17) is 0 Å². The van der Waals surface area contributed by atoms with Crippen LogP contribution < -0.4 is 0 Å². The van der Waals surface area contributed by atoms with Crippen LogP contribution >= 0.6 is 0 Å². The normalized spacial score (nSPS) is 12.4. The molecule has 0 fully saturated rings. The second-order valence-electron chi connectivity index (χ2n) is 7.06. The summed E-state index contributed by atoms with van der Waals surface area (Å²) in [6, 6.07) is 10.4. The molecule has 0 amide bonds. The fourth-order valence-electron chi connectivity index (χ4n) is 2.28. The Kier molecular flexibility index (Phi) is 3.94. The number of rotatable bonds is 3. The molecule has 0 aliphatic rings. The zero-order valence-corrected chi connectivity index (χ0v) is 13.1. The van der Waals surface area contributed by atoms with Crippen molar-refractivity contribution in [3.8, 4) is 0 Å². The maximum absolute atomic E-state index is 4.63. The van der Waals surface area contributed by atoms with Crippen molar-refractivity contribution in [3.05, 3.63) is 59.7 Å². The van der Waals surface area contributed by atoms with Gasteiger partial charge >= 0.3 is 0 Å². The van der Waals surface area contributed by atoms with Gasteiger partial charge in [0.05, 0.1) is 0 Å². The molecule has 0 aliphatic heterocycles. The molecule has 2 aromatic heterocycles. The maximum atomic E-state index is 4.63. The molecule has 0 aromatic carbocycles. The van der Waals surface area contributed by atoms with Gasteiger partial charge in [0, 0.05) is 35.6 Å². The van der Waals surface area contributed by atoms with Crippen LogP contribution in [0.1, 0.15) is 51.6 Å². The van der Waals surface area contributed by atoms with Crippen molar-refractivity contribution >= 4 is 0 Å². The van der Waals surface area contributed by atoms with Crippen LogP contribution in [-0.2, 0) is 17.3 Å². The number of nitrogens with zero attached hydrogens (tertiary/aromatic N) is 2. The van der Waals surface area contributed by atoms with Crippen LogP contribution in [0.2, 0.25) is 0 Å². The highest BCUT2D eigenvalue weighted by atomic mass is 14.7. The summed E-state index contributed by atoms with van der Waals surface area (Å²) < 4.78 is 0. The molecule has 2 heterocycles. The largest absolute Gasteiger partial charge is 0.261 e. The number of hydrogen-bond donors (Lipinski definition) is 0. The summed E-state index contributed by atoms with van der Waals surface area (Å²) in [5, 5.41) is 0. The summed E-state index contributed by atoms with van der Waals surface area (Å²) in [7, 11) is 0. The van der Waals surface area contributed by atoms with Gasteiger partial charge in [-0.1, -0.05) is 46.8 Å². The molecule has 0 radical (unpaired) electrons. The second-order valence-corrected chi connectivity index (χ2v) is 7.06. The van der Waals surface area contributed by atoms with Crippen LogP contribution in [0.5, 0.6) is 0 Å². The van der Waals surface area contributed by atoms with Crippen molar-refractivity contribution < 1.29 is 0 Å². The minimum atomic E-state index is -0.00247. The van der Waals surface area contributed by atoms with E-state index in [-0.39, 0.29) is 10.8 Å². The van der Waals surface area contributed by atoms with Crippen LogP contribution in [0.4, 0.5) is 0 Å². The molecule has 2 rings (SSSR count). The quantitative estimate of drug-likeness (QED) is 0.829. The van der Waals surface area contributed by atoms with E-state index in [0.717, 1.165) is 17.8 Å². The molecule has 0 unspecified atom stereocenters. The van der Waals surface area contributed by atoms with Gasteiger partial charge in [-0.3, -0.25) is 9.97 Å². The first-order valence-corrected chi connectivity index (χ1v) is 7.16. The van der Waals surface area contributed by atoms with Crippen LogP contribution in [-0.4, -0.2) is 9.97 Å². The van der Waals surface area contributed by atoms with Gasteiger partial charge in [0.15, 0.2) is 0 Å². The van der Waals surface area contributed by atoms with E-state index in [1.165, 1.54) is 5.56 Å². The van der Waals surface area contributed by atoms with E-state index >= 15 is 0 Å². The third kappa shape index (κ3) is 3.44. The maximum Gasteiger partial charge on any atom is 0.0463 e. The first-order chi connectivity index (χ1) is 9.29. The average Bonchev–Trinajstić information content (AvgIpc) is 2.39. The second kappa shape index (κ2) is 5.35. The van der Waals surface area contributed by atoms with Crippen LogP contribution in [0.3, 0.4) is 0 Å². The highest BCUT2D eigenvalue weighted by Gasteiger charge is 2.23. The predicted octanol–water partition coefficient (Wildman–Crippen LogP) is 4.29. The van der Waals surface area contributed by atoms with Crippen molar-refractivity contribution in [3.63, 3.8) is 0 Å². The predicted molar refractivity (Wildman–Crippen MR) is 83.9 cm³/mol. The Morgan fingerprint density at radius 2 is 1.65 bits per heavy atom. The third-order valence-electron chi connectivity index (χ3n) is 3.67. The number of pyridine rings is 2. The molecule has 0 atom stereocenters. The summed E-state index contributed by atoms with van der Waals surface area (Å²) in [5.74, 6) is 0. The lowest BCUT2D eigenvalue weighted by atomic mass is 9.83. The van der Waals surface area contributed by atoms with Crippen LogP contribution in [0, 0.1) is 0 Å². The van der Waals surface area contributed by atoms with Gasteiger partial charge in [0.2, 0.25) is 0 Å². The van der Waals surface area contributed by atoms with E-state index < -0.39 is 0 Å². The van der Waals surface area contributed by atoms with Crippen molar-refractivity contribution in [2.45, 2.75) is 51.9 Å². The Labute approximate surface area is 122 Å². The first-order valence-electron chi connectivity index (χ1n) is 7.16. The summed E-state index contributed by atoms with van der Waals surface area (Å²) in [6.07, 6.45) is 4.76. The van der Waals surface area contributed by atoms with Crippen LogP contribution in [0.15, 0.2) is 42.7 Å². The summed E-state index contributed by atoms with van der Waals surface area (Å²) >= 11 is 0. The third-order valence-corrected chi connectivity index (χ3v) is 3.67. The van der Waals surface area contributed by atoms with E-state index in [2.05, 4.69) is 62.8 Å². The Balaban J connectivity index is 2.18. The van der Waals surface area contributed by atoms with Gasteiger partial charge in [0.25, 0.3) is 0 Å². The molecule has 0 saturated carbocycles. The fraction of sp³-hybridized carbons (Fsp3) is 0.444. The molecule has 0 N–H and O–H groups in total. The van der Waals surface area contributed by atoms with E-state index in [1.54, 1.807) is 0 Å². The molecule has 2 aromatic rings. The van der Waals surface area contributed by atoms with Crippen molar-refractivity contribution in [1.29, 1.82) is 0 Å². The molecular formula is C18H24N2. The molecule has 0 saturated heterocycles. The molecule has 0 bridgehead atoms. The van der Waals surface area contributed by atoms with E-state index in [9.17, 15) is 0 Å². The lowest BCUT2D eigenvalue weighted by Crippen LogP contribution is -2.22. The minimum Gasteiger partial charge on any atom is -0.261 e. The zero-order valence-electron chi connectivity index (χ0n) is 13.1. The number of aromatic nitrogens is 2. The lowest BCUT2D eigenvalue weighted by molar-refractivity contribution is 0.498. The monoisotopic (exact) mass is 268 g/mol.